The Morgan fingerprint density at radius 2 is 1.71 bits per heavy atom. The molecule has 3 aromatic carbocycles. The van der Waals surface area contributed by atoms with Crippen molar-refractivity contribution in [3.63, 3.8) is 0 Å². The van der Waals surface area contributed by atoms with E-state index in [2.05, 4.69) is 34.8 Å². The third-order valence-corrected chi connectivity index (χ3v) is 7.25. The number of aromatic nitrogens is 3. The van der Waals surface area contributed by atoms with Gasteiger partial charge in [-0.15, -0.1) is 0 Å². The third kappa shape index (κ3) is 8.93. The Morgan fingerprint density at radius 3 is 2.37 bits per heavy atom. The first kappa shape index (κ1) is 28.7. The molecule has 0 atom stereocenters. The molecule has 1 heterocycles. The summed E-state index contributed by atoms with van der Waals surface area (Å²) in [4.78, 5) is 15.4. The van der Waals surface area contributed by atoms with Crippen molar-refractivity contribution in [2.24, 2.45) is 5.73 Å². The van der Waals surface area contributed by atoms with Crippen LogP contribution in [-0.4, -0.2) is 42.4 Å². The number of carbonyl (C=O) groups excluding carboxylic acids is 1. The first-order valence-electron chi connectivity index (χ1n) is 12.5. The van der Waals surface area contributed by atoms with Gasteiger partial charge in [0.25, 0.3) is 5.91 Å². The van der Waals surface area contributed by atoms with E-state index in [9.17, 15) is 9.18 Å². The molecule has 0 spiro atoms. The smallest absolute Gasteiger partial charge is 0.286 e. The van der Waals surface area contributed by atoms with Crippen molar-refractivity contribution in [1.82, 2.24) is 15.2 Å². The summed E-state index contributed by atoms with van der Waals surface area (Å²) in [6, 6.07) is 22.7. The SMILES string of the molecule is CCOCC[Si](C)(C)C.NC(=O)c1nc(-c2cccc(-c3ccccc3OCc3ccc(F)cc3)c2)n[nH]1. The second-order valence-corrected chi connectivity index (χ2v) is 15.5. The first-order valence-corrected chi connectivity index (χ1v) is 16.2. The molecule has 3 N–H and O–H groups in total. The quantitative estimate of drug-likeness (QED) is 0.183. The average molecular weight is 535 g/mol. The molecule has 0 unspecified atom stereocenters. The average Bonchev–Trinajstić information content (AvgIpc) is 3.40. The summed E-state index contributed by atoms with van der Waals surface area (Å²) >= 11 is 0. The molecule has 38 heavy (non-hydrogen) atoms. The van der Waals surface area contributed by atoms with Crippen molar-refractivity contribution < 1.29 is 18.7 Å². The summed E-state index contributed by atoms with van der Waals surface area (Å²) in [5, 5.41) is 6.58. The molecule has 0 radical (unpaired) electrons. The third-order valence-electron chi connectivity index (χ3n) is 5.55. The Labute approximate surface area is 224 Å². The Bertz CT molecular complexity index is 1320. The molecule has 7 nitrogen and oxygen atoms in total. The number of nitrogens with two attached hydrogens (primary N) is 1. The molecule has 4 rings (SSSR count). The zero-order chi connectivity index (χ0) is 27.5. The summed E-state index contributed by atoms with van der Waals surface area (Å²) < 4.78 is 24.3. The van der Waals surface area contributed by atoms with Gasteiger partial charge in [0.1, 0.15) is 18.2 Å². The van der Waals surface area contributed by atoms with Crippen molar-refractivity contribution in [3.8, 4) is 28.3 Å². The number of H-pyrrole nitrogens is 1. The second-order valence-electron chi connectivity index (χ2n) is 9.87. The second kappa shape index (κ2) is 13.6. The molecule has 1 amide bonds. The number of halogens is 1. The number of nitrogens with one attached hydrogen (secondary N) is 1. The fourth-order valence-corrected chi connectivity index (χ4v) is 4.18. The molecular formula is C29H35FN4O3Si. The monoisotopic (exact) mass is 534 g/mol. The largest absolute Gasteiger partial charge is 0.488 e. The van der Waals surface area contributed by atoms with Crippen LogP contribution in [0.2, 0.25) is 25.7 Å². The van der Waals surface area contributed by atoms with Crippen LogP contribution in [0, 0.1) is 5.82 Å². The van der Waals surface area contributed by atoms with Crippen molar-refractivity contribution in [3.05, 3.63) is 90.0 Å². The first-order chi connectivity index (χ1) is 18.2. The highest BCUT2D eigenvalue weighted by Crippen LogP contribution is 2.32. The van der Waals surface area contributed by atoms with E-state index >= 15 is 0 Å². The molecule has 9 heteroatoms. The molecule has 0 aliphatic heterocycles. The topological polar surface area (TPSA) is 103 Å². The lowest BCUT2D eigenvalue weighted by atomic mass is 10.0. The van der Waals surface area contributed by atoms with E-state index in [1.807, 2.05) is 55.5 Å². The van der Waals surface area contributed by atoms with Gasteiger partial charge in [-0.2, -0.15) is 5.10 Å². The number of ether oxygens (including phenoxy) is 2. The van der Waals surface area contributed by atoms with E-state index in [0.717, 1.165) is 35.5 Å². The lowest BCUT2D eigenvalue weighted by molar-refractivity contribution is 0.0991. The summed E-state index contributed by atoms with van der Waals surface area (Å²) in [7, 11) is -0.819. The van der Waals surface area contributed by atoms with Gasteiger partial charge < -0.3 is 15.2 Å². The molecule has 200 valence electrons. The number of hydrogen-bond donors (Lipinski definition) is 2. The van der Waals surface area contributed by atoms with Gasteiger partial charge >= 0.3 is 0 Å². The van der Waals surface area contributed by atoms with Crippen LogP contribution < -0.4 is 10.5 Å². The van der Waals surface area contributed by atoms with E-state index < -0.39 is 14.0 Å². The number of aromatic amines is 1. The molecule has 0 fully saturated rings. The fourth-order valence-electron chi connectivity index (χ4n) is 3.42. The van der Waals surface area contributed by atoms with E-state index in [4.69, 9.17) is 15.2 Å². The van der Waals surface area contributed by atoms with Crippen LogP contribution in [-0.2, 0) is 11.3 Å². The number of rotatable bonds is 10. The molecule has 4 aromatic rings. The number of hydrogen-bond acceptors (Lipinski definition) is 5. The Morgan fingerprint density at radius 1 is 1.00 bits per heavy atom. The predicted molar refractivity (Wildman–Crippen MR) is 151 cm³/mol. The van der Waals surface area contributed by atoms with Crippen LogP contribution in [0.15, 0.2) is 72.8 Å². The molecule has 0 aliphatic carbocycles. The maximum absolute atomic E-state index is 13.1. The molecular weight excluding hydrogens is 499 g/mol. The molecule has 0 saturated carbocycles. The lowest BCUT2D eigenvalue weighted by Gasteiger charge is -2.14. The van der Waals surface area contributed by atoms with Gasteiger partial charge in [-0.1, -0.05) is 68.2 Å². The van der Waals surface area contributed by atoms with Crippen LogP contribution in [0.25, 0.3) is 22.5 Å². The van der Waals surface area contributed by atoms with Crippen LogP contribution in [0.4, 0.5) is 4.39 Å². The highest BCUT2D eigenvalue weighted by Gasteiger charge is 2.13. The predicted octanol–water partition coefficient (Wildman–Crippen LogP) is 6.32. The Kier molecular flexibility index (Phi) is 10.3. The standard InChI is InChI=1S/C22H17FN4O2.C7H18OSi/c23-17-10-8-14(9-11-17)13-29-19-7-2-1-6-18(19)15-4-3-5-16(12-15)21-25-22(20(24)28)27-26-21;1-5-8-6-7-9(2,3)4/h1-12H,13H2,(H2,24,28)(H,25,26,27);5-7H2,1-4H3. The summed E-state index contributed by atoms with van der Waals surface area (Å²) in [6.45, 7) is 11.3. The minimum atomic E-state index is -0.819. The van der Waals surface area contributed by atoms with Crippen molar-refractivity contribution in [2.45, 2.75) is 39.2 Å². The maximum atomic E-state index is 13.1. The Hall–Kier alpha value is -3.82. The van der Waals surface area contributed by atoms with Gasteiger partial charge in [0.2, 0.25) is 5.82 Å². The molecule has 0 saturated heterocycles. The minimum absolute atomic E-state index is 0.00781. The zero-order valence-corrected chi connectivity index (χ0v) is 23.3. The van der Waals surface area contributed by atoms with Crippen LogP contribution in [0.3, 0.4) is 0 Å². The van der Waals surface area contributed by atoms with E-state index in [1.54, 1.807) is 12.1 Å². The van der Waals surface area contributed by atoms with Crippen molar-refractivity contribution in [1.29, 1.82) is 0 Å². The van der Waals surface area contributed by atoms with E-state index in [0.29, 0.717) is 18.2 Å². The van der Waals surface area contributed by atoms with Crippen molar-refractivity contribution >= 4 is 14.0 Å². The fraction of sp³-hybridized carbons (Fsp3) is 0.276. The molecule has 1 aromatic heterocycles. The number of primary amides is 1. The van der Waals surface area contributed by atoms with E-state index in [-0.39, 0.29) is 11.6 Å². The van der Waals surface area contributed by atoms with Crippen molar-refractivity contribution in [2.75, 3.05) is 13.2 Å². The van der Waals surface area contributed by atoms with Crippen LogP contribution in [0.1, 0.15) is 23.1 Å². The number of amides is 1. The number of carbonyl (C=O) groups is 1. The number of benzene rings is 3. The van der Waals surface area contributed by atoms with Gasteiger partial charge in [0, 0.05) is 32.4 Å². The normalized spacial score (nSPS) is 11.0. The number of para-hydroxylation sites is 1. The highest BCUT2D eigenvalue weighted by atomic mass is 28.3. The van der Waals surface area contributed by atoms with E-state index in [1.165, 1.54) is 18.2 Å². The van der Waals surface area contributed by atoms with Gasteiger partial charge in [-0.3, -0.25) is 9.89 Å². The van der Waals surface area contributed by atoms with Gasteiger partial charge in [0.05, 0.1) is 0 Å². The van der Waals surface area contributed by atoms with Crippen LogP contribution in [0.5, 0.6) is 5.75 Å². The summed E-state index contributed by atoms with van der Waals surface area (Å²) in [5.74, 6) is 0.137. The zero-order valence-electron chi connectivity index (χ0n) is 22.3. The minimum Gasteiger partial charge on any atom is -0.488 e. The lowest BCUT2D eigenvalue weighted by Crippen LogP contribution is -2.21. The van der Waals surface area contributed by atoms with Crippen LogP contribution >= 0.6 is 0 Å². The van der Waals surface area contributed by atoms with Gasteiger partial charge in [-0.25, -0.2) is 9.37 Å². The van der Waals surface area contributed by atoms with Gasteiger partial charge in [-0.05, 0) is 48.4 Å². The maximum Gasteiger partial charge on any atom is 0.286 e. The number of nitrogens with zero attached hydrogens (tertiary/aromatic N) is 2. The summed E-state index contributed by atoms with van der Waals surface area (Å²) in [5.41, 5.74) is 8.63. The summed E-state index contributed by atoms with van der Waals surface area (Å²) in [6.07, 6.45) is 0. The highest BCUT2D eigenvalue weighted by molar-refractivity contribution is 6.76. The molecule has 0 bridgehead atoms. The van der Waals surface area contributed by atoms with Gasteiger partial charge in [0.15, 0.2) is 5.82 Å². The molecule has 0 aliphatic rings. The Balaban J connectivity index is 0.000000383.